The van der Waals surface area contributed by atoms with E-state index in [-0.39, 0.29) is 5.60 Å². The number of hydrogen-bond donors (Lipinski definition) is 0. The highest BCUT2D eigenvalue weighted by Gasteiger charge is 2.51. The zero-order chi connectivity index (χ0) is 17.3. The van der Waals surface area contributed by atoms with Crippen LogP contribution in [0.4, 0.5) is 0 Å². The first-order valence-corrected chi connectivity index (χ1v) is 10.7. The summed E-state index contributed by atoms with van der Waals surface area (Å²) in [5.41, 5.74) is 1.20. The lowest BCUT2D eigenvalue weighted by Crippen LogP contribution is -2.51. The lowest BCUT2D eigenvalue weighted by atomic mass is 9.79. The first-order valence-electron chi connectivity index (χ1n) is 9.48. The summed E-state index contributed by atoms with van der Waals surface area (Å²) >= 11 is 1.58. The number of likely N-dealkylation sites (tertiary alicyclic amines) is 1. The molecule has 4 rings (SSSR count). The molecule has 3 aliphatic rings. The zero-order valence-electron chi connectivity index (χ0n) is 15.3. The molecule has 1 aromatic rings. The SMILES string of the molecule is CO[C@@]12CC[C@H](OCC3CC3)C[C@@H]1N(Cc1cnc(SC)nc1)CC2. The van der Waals surface area contributed by atoms with Crippen LogP contribution < -0.4 is 0 Å². The zero-order valence-corrected chi connectivity index (χ0v) is 16.1. The van der Waals surface area contributed by atoms with Crippen molar-refractivity contribution < 1.29 is 9.47 Å². The monoisotopic (exact) mass is 363 g/mol. The fraction of sp³-hybridized carbons (Fsp3) is 0.789. The van der Waals surface area contributed by atoms with Crippen molar-refractivity contribution in [1.82, 2.24) is 14.9 Å². The number of ether oxygens (including phenoxy) is 2. The predicted molar refractivity (Wildman–Crippen MR) is 98.7 cm³/mol. The van der Waals surface area contributed by atoms with Crippen molar-refractivity contribution in [1.29, 1.82) is 0 Å². The van der Waals surface area contributed by atoms with E-state index in [0.29, 0.717) is 12.1 Å². The number of aromatic nitrogens is 2. The van der Waals surface area contributed by atoms with Crippen LogP contribution in [0.5, 0.6) is 0 Å². The third-order valence-electron chi connectivity index (χ3n) is 6.17. The number of hydrogen-bond acceptors (Lipinski definition) is 6. The number of fused-ring (bicyclic) bond motifs is 1. The Bertz CT molecular complexity index is 581. The Balaban J connectivity index is 1.42. The van der Waals surface area contributed by atoms with Gasteiger partial charge < -0.3 is 9.47 Å². The fourth-order valence-corrected chi connectivity index (χ4v) is 4.73. The molecule has 0 unspecified atom stereocenters. The Morgan fingerprint density at radius 3 is 2.72 bits per heavy atom. The summed E-state index contributed by atoms with van der Waals surface area (Å²) in [6.45, 7) is 2.94. The molecule has 2 heterocycles. The lowest BCUT2D eigenvalue weighted by molar-refractivity contribution is -0.103. The minimum Gasteiger partial charge on any atom is -0.378 e. The second kappa shape index (κ2) is 7.51. The fourth-order valence-electron chi connectivity index (χ4n) is 4.42. The van der Waals surface area contributed by atoms with Crippen LogP contribution in [0.1, 0.15) is 44.1 Å². The molecule has 1 saturated heterocycles. The van der Waals surface area contributed by atoms with Crippen LogP contribution >= 0.6 is 11.8 Å². The second-order valence-corrected chi connectivity index (χ2v) is 8.53. The maximum Gasteiger partial charge on any atom is 0.187 e. The quantitative estimate of drug-likeness (QED) is 0.548. The van der Waals surface area contributed by atoms with Crippen molar-refractivity contribution in [3.8, 4) is 0 Å². The Kier molecular flexibility index (Phi) is 5.32. The molecule has 0 bridgehead atoms. The third-order valence-corrected chi connectivity index (χ3v) is 6.74. The van der Waals surface area contributed by atoms with E-state index in [1.54, 1.807) is 11.8 Å². The Morgan fingerprint density at radius 2 is 2.04 bits per heavy atom. The summed E-state index contributed by atoms with van der Waals surface area (Å²) in [5.74, 6) is 0.834. The molecule has 3 fully saturated rings. The van der Waals surface area contributed by atoms with E-state index in [1.807, 2.05) is 25.8 Å². The molecule has 3 atom stereocenters. The maximum atomic E-state index is 6.22. The summed E-state index contributed by atoms with van der Waals surface area (Å²) in [4.78, 5) is 11.4. The van der Waals surface area contributed by atoms with Crippen LogP contribution in [0.25, 0.3) is 0 Å². The van der Waals surface area contributed by atoms with Gasteiger partial charge in [0.25, 0.3) is 0 Å². The van der Waals surface area contributed by atoms with Gasteiger partial charge in [0.15, 0.2) is 5.16 Å². The first kappa shape index (κ1) is 17.7. The summed E-state index contributed by atoms with van der Waals surface area (Å²) in [6.07, 6.45) is 13.5. The first-order chi connectivity index (χ1) is 12.2. The van der Waals surface area contributed by atoms with E-state index < -0.39 is 0 Å². The van der Waals surface area contributed by atoms with E-state index in [9.17, 15) is 0 Å². The molecule has 0 N–H and O–H groups in total. The van der Waals surface area contributed by atoms with Crippen molar-refractivity contribution in [2.24, 2.45) is 5.92 Å². The molecule has 5 nitrogen and oxygen atoms in total. The van der Waals surface area contributed by atoms with Crippen LogP contribution in [0, 0.1) is 5.92 Å². The van der Waals surface area contributed by atoms with E-state index >= 15 is 0 Å². The van der Waals surface area contributed by atoms with E-state index in [2.05, 4.69) is 14.9 Å². The van der Waals surface area contributed by atoms with Gasteiger partial charge in [-0.15, -0.1) is 0 Å². The number of methoxy groups -OCH3 is 1. The van der Waals surface area contributed by atoms with Crippen molar-refractivity contribution in [3.05, 3.63) is 18.0 Å². The topological polar surface area (TPSA) is 47.5 Å². The minimum absolute atomic E-state index is 0.0134. The normalized spacial score (nSPS) is 32.7. The molecule has 25 heavy (non-hydrogen) atoms. The maximum absolute atomic E-state index is 6.22. The van der Waals surface area contributed by atoms with Crippen molar-refractivity contribution in [2.75, 3.05) is 26.5 Å². The Hall–Kier alpha value is -0.690. The standard InChI is InChI=1S/C19H29N3O2S/c1-23-19-6-5-16(24-13-14-3-4-14)9-17(19)22(8-7-19)12-15-10-20-18(25-2)21-11-15/h10-11,14,16-17H,3-9,12-13H2,1-2H3/t16-,17-,19+/m0/s1. The smallest absolute Gasteiger partial charge is 0.187 e. The van der Waals surface area contributed by atoms with Gasteiger partial charge in [-0.05, 0) is 50.7 Å². The number of thioether (sulfide) groups is 1. The summed E-state index contributed by atoms with van der Waals surface area (Å²) < 4.78 is 12.3. The molecule has 1 aromatic heterocycles. The molecular formula is C19H29N3O2S. The molecular weight excluding hydrogens is 334 g/mol. The molecule has 0 amide bonds. The van der Waals surface area contributed by atoms with Crippen molar-refractivity contribution in [3.63, 3.8) is 0 Å². The van der Waals surface area contributed by atoms with E-state index in [0.717, 1.165) is 56.5 Å². The van der Waals surface area contributed by atoms with Gasteiger partial charge in [0.05, 0.1) is 11.7 Å². The van der Waals surface area contributed by atoms with Gasteiger partial charge in [0, 0.05) is 50.8 Å². The Labute approximate surface area is 154 Å². The highest BCUT2D eigenvalue weighted by molar-refractivity contribution is 7.98. The van der Waals surface area contributed by atoms with Crippen LogP contribution in [0.3, 0.4) is 0 Å². The summed E-state index contributed by atoms with van der Waals surface area (Å²) in [7, 11) is 1.89. The molecule has 0 spiro atoms. The number of nitrogens with zero attached hydrogens (tertiary/aromatic N) is 3. The van der Waals surface area contributed by atoms with Gasteiger partial charge in [0.1, 0.15) is 0 Å². The number of rotatable bonds is 7. The van der Waals surface area contributed by atoms with Crippen LogP contribution in [0.2, 0.25) is 0 Å². The van der Waals surface area contributed by atoms with Crippen molar-refractivity contribution >= 4 is 11.8 Å². The summed E-state index contributed by atoms with van der Waals surface area (Å²) in [5, 5.41) is 0.836. The van der Waals surface area contributed by atoms with Crippen LogP contribution in [-0.2, 0) is 16.0 Å². The highest BCUT2D eigenvalue weighted by Crippen LogP contribution is 2.44. The average molecular weight is 364 g/mol. The van der Waals surface area contributed by atoms with E-state index in [1.165, 1.54) is 18.4 Å². The van der Waals surface area contributed by atoms with Crippen molar-refractivity contribution in [2.45, 2.75) is 68.0 Å². The molecule has 6 heteroatoms. The van der Waals surface area contributed by atoms with Gasteiger partial charge in [-0.25, -0.2) is 9.97 Å². The molecule has 2 saturated carbocycles. The largest absolute Gasteiger partial charge is 0.378 e. The summed E-state index contributed by atoms with van der Waals surface area (Å²) in [6, 6.07) is 0.440. The van der Waals surface area contributed by atoms with E-state index in [4.69, 9.17) is 9.47 Å². The third kappa shape index (κ3) is 3.87. The van der Waals surface area contributed by atoms with Gasteiger partial charge in [-0.3, -0.25) is 4.90 Å². The molecule has 1 aliphatic heterocycles. The Morgan fingerprint density at radius 1 is 1.24 bits per heavy atom. The molecule has 2 aliphatic carbocycles. The van der Waals surface area contributed by atoms with Gasteiger partial charge in [0.2, 0.25) is 0 Å². The average Bonchev–Trinajstić information content (AvgIpc) is 3.43. The van der Waals surface area contributed by atoms with Crippen LogP contribution in [0.15, 0.2) is 17.6 Å². The van der Waals surface area contributed by atoms with Crippen LogP contribution in [-0.4, -0.2) is 59.1 Å². The molecule has 0 aromatic carbocycles. The predicted octanol–water partition coefficient (Wildman–Crippen LogP) is 3.14. The van der Waals surface area contributed by atoms with Gasteiger partial charge >= 0.3 is 0 Å². The van der Waals surface area contributed by atoms with Gasteiger partial charge in [-0.1, -0.05) is 11.8 Å². The second-order valence-electron chi connectivity index (χ2n) is 7.76. The van der Waals surface area contributed by atoms with Gasteiger partial charge in [-0.2, -0.15) is 0 Å². The molecule has 0 radical (unpaired) electrons. The molecule has 138 valence electrons. The highest BCUT2D eigenvalue weighted by atomic mass is 32.2. The lowest BCUT2D eigenvalue weighted by Gasteiger charge is -2.43. The minimum atomic E-state index is 0.0134.